The molecule has 0 aliphatic carbocycles. The lowest BCUT2D eigenvalue weighted by atomic mass is 9.77. The Kier molecular flexibility index (Phi) is 4.29. The van der Waals surface area contributed by atoms with Crippen molar-refractivity contribution < 1.29 is 14.6 Å². The molecule has 0 spiro atoms. The van der Waals surface area contributed by atoms with Gasteiger partial charge in [0.25, 0.3) is 0 Å². The van der Waals surface area contributed by atoms with Crippen molar-refractivity contribution in [2.24, 2.45) is 5.41 Å². The Morgan fingerprint density at radius 3 is 2.29 bits per heavy atom. The molecule has 0 fully saturated rings. The van der Waals surface area contributed by atoms with Crippen molar-refractivity contribution in [2.45, 2.75) is 32.8 Å². The van der Waals surface area contributed by atoms with Crippen LogP contribution in [0.15, 0.2) is 30.3 Å². The highest BCUT2D eigenvalue weighted by atomic mass is 16.5. The molecule has 0 bridgehead atoms. The van der Waals surface area contributed by atoms with E-state index in [-0.39, 0.29) is 5.92 Å². The molecule has 0 unspecified atom stereocenters. The number of hydrogen-bond donors (Lipinski definition) is 1. The van der Waals surface area contributed by atoms with Gasteiger partial charge in [0.1, 0.15) is 0 Å². The Morgan fingerprint density at radius 1 is 1.29 bits per heavy atom. The predicted molar refractivity (Wildman–Crippen MR) is 66.7 cm³/mol. The van der Waals surface area contributed by atoms with Crippen molar-refractivity contribution in [2.75, 3.05) is 7.11 Å². The second-order valence-corrected chi connectivity index (χ2v) is 4.86. The minimum atomic E-state index is -0.913. The molecule has 0 heterocycles. The summed E-state index contributed by atoms with van der Waals surface area (Å²) < 4.78 is 4.72. The third-order valence-corrected chi connectivity index (χ3v) is 3.25. The summed E-state index contributed by atoms with van der Waals surface area (Å²) in [6, 6.07) is 9.66. The summed E-state index contributed by atoms with van der Waals surface area (Å²) in [5.41, 5.74) is 0.0984. The third-order valence-electron chi connectivity index (χ3n) is 3.25. The summed E-state index contributed by atoms with van der Waals surface area (Å²) in [6.07, 6.45) is -0.780. The summed E-state index contributed by atoms with van der Waals surface area (Å²) in [4.78, 5) is 11.6. The summed E-state index contributed by atoms with van der Waals surface area (Å²) >= 11 is 0. The van der Waals surface area contributed by atoms with Crippen molar-refractivity contribution in [3.63, 3.8) is 0 Å². The monoisotopic (exact) mass is 236 g/mol. The van der Waals surface area contributed by atoms with Gasteiger partial charge < -0.3 is 9.84 Å². The quantitative estimate of drug-likeness (QED) is 0.816. The molecule has 0 saturated heterocycles. The van der Waals surface area contributed by atoms with E-state index in [2.05, 4.69) is 0 Å². The van der Waals surface area contributed by atoms with Crippen molar-refractivity contribution >= 4 is 5.97 Å². The summed E-state index contributed by atoms with van der Waals surface area (Å²) in [5.74, 6) is -0.516. The summed E-state index contributed by atoms with van der Waals surface area (Å²) in [5, 5.41) is 10.3. The van der Waals surface area contributed by atoms with Gasteiger partial charge in [-0.1, -0.05) is 37.3 Å². The number of aliphatic hydroxyl groups is 1. The number of carbonyl (C=O) groups excluding carboxylic acids is 1. The maximum absolute atomic E-state index is 11.6. The van der Waals surface area contributed by atoms with Crippen LogP contribution >= 0.6 is 0 Å². The van der Waals surface area contributed by atoms with Gasteiger partial charge in [0, 0.05) is 5.92 Å². The van der Waals surface area contributed by atoms with Crippen LogP contribution in [0.2, 0.25) is 0 Å². The number of hydrogen-bond acceptors (Lipinski definition) is 3. The molecule has 2 atom stereocenters. The zero-order valence-electron chi connectivity index (χ0n) is 10.8. The van der Waals surface area contributed by atoms with Gasteiger partial charge in [0.2, 0.25) is 0 Å². The molecule has 0 radical (unpaired) electrons. The van der Waals surface area contributed by atoms with E-state index >= 15 is 0 Å². The molecule has 0 saturated carbocycles. The first-order chi connectivity index (χ1) is 7.91. The van der Waals surface area contributed by atoms with Crippen LogP contribution in [0, 0.1) is 5.41 Å². The number of methoxy groups -OCH3 is 1. The molecule has 1 aromatic rings. The highest BCUT2D eigenvalue weighted by molar-refractivity contribution is 5.76. The number of ether oxygens (including phenoxy) is 1. The lowest BCUT2D eigenvalue weighted by Gasteiger charge is -2.32. The van der Waals surface area contributed by atoms with Crippen molar-refractivity contribution in [3.05, 3.63) is 35.9 Å². The predicted octanol–water partition coefficient (Wildman–Crippen LogP) is 2.35. The van der Waals surface area contributed by atoms with E-state index in [9.17, 15) is 9.90 Å². The maximum atomic E-state index is 11.6. The van der Waals surface area contributed by atoms with Gasteiger partial charge >= 0.3 is 5.97 Å². The van der Waals surface area contributed by atoms with Crippen molar-refractivity contribution in [1.82, 2.24) is 0 Å². The zero-order chi connectivity index (χ0) is 13.1. The molecular formula is C14H20O3. The average molecular weight is 236 g/mol. The van der Waals surface area contributed by atoms with E-state index in [4.69, 9.17) is 4.74 Å². The Morgan fingerprint density at radius 2 is 1.82 bits per heavy atom. The molecule has 3 nitrogen and oxygen atoms in total. The zero-order valence-corrected chi connectivity index (χ0v) is 10.8. The third kappa shape index (κ3) is 2.86. The Hall–Kier alpha value is -1.35. The van der Waals surface area contributed by atoms with Crippen LogP contribution in [0.3, 0.4) is 0 Å². The lowest BCUT2D eigenvalue weighted by Crippen LogP contribution is -2.41. The number of rotatable bonds is 4. The molecule has 0 aliphatic rings. The topological polar surface area (TPSA) is 46.5 Å². The number of aliphatic hydroxyl groups excluding tert-OH is 1. The minimum absolute atomic E-state index is 0.120. The second kappa shape index (κ2) is 5.32. The van der Waals surface area contributed by atoms with E-state index in [1.54, 1.807) is 13.8 Å². The fraction of sp³-hybridized carbons (Fsp3) is 0.500. The van der Waals surface area contributed by atoms with E-state index < -0.39 is 17.5 Å². The van der Waals surface area contributed by atoms with Gasteiger partial charge in [-0.15, -0.1) is 0 Å². The van der Waals surface area contributed by atoms with E-state index in [0.29, 0.717) is 0 Å². The standard InChI is InChI=1S/C14H20O3/c1-10(11-8-6-5-7-9-11)12(15)14(2,3)13(16)17-4/h5-10,12,15H,1-4H3/t10-,12+/m1/s1. The highest BCUT2D eigenvalue weighted by Gasteiger charge is 2.40. The van der Waals surface area contributed by atoms with Gasteiger partial charge in [-0.05, 0) is 19.4 Å². The van der Waals surface area contributed by atoms with Crippen LogP contribution in [0.25, 0.3) is 0 Å². The minimum Gasteiger partial charge on any atom is -0.469 e. The normalized spacial score (nSPS) is 15.1. The smallest absolute Gasteiger partial charge is 0.313 e. The van der Waals surface area contributed by atoms with Crippen LogP contribution in [0.4, 0.5) is 0 Å². The molecule has 94 valence electrons. The van der Waals surface area contributed by atoms with E-state index in [0.717, 1.165) is 5.56 Å². The molecule has 1 N–H and O–H groups in total. The van der Waals surface area contributed by atoms with Gasteiger partial charge in [0.05, 0.1) is 18.6 Å². The SMILES string of the molecule is COC(=O)C(C)(C)[C@@H](O)[C@H](C)c1ccccc1. The molecule has 1 rings (SSSR count). The first kappa shape index (κ1) is 13.7. The fourth-order valence-corrected chi connectivity index (χ4v) is 1.95. The van der Waals surface area contributed by atoms with Gasteiger partial charge in [-0.3, -0.25) is 4.79 Å². The number of esters is 1. The Balaban J connectivity index is 2.90. The molecule has 0 aliphatic heterocycles. The summed E-state index contributed by atoms with van der Waals surface area (Å²) in [7, 11) is 1.34. The van der Waals surface area contributed by atoms with E-state index in [1.165, 1.54) is 7.11 Å². The van der Waals surface area contributed by atoms with Gasteiger partial charge in [-0.25, -0.2) is 0 Å². The van der Waals surface area contributed by atoms with Crippen LogP contribution in [0.1, 0.15) is 32.3 Å². The van der Waals surface area contributed by atoms with E-state index in [1.807, 2.05) is 37.3 Å². The first-order valence-corrected chi connectivity index (χ1v) is 5.72. The number of benzene rings is 1. The summed E-state index contributed by atoms with van der Waals surface area (Å²) in [6.45, 7) is 5.30. The molecule has 3 heteroatoms. The molecule has 1 aromatic carbocycles. The van der Waals surface area contributed by atoms with Crippen LogP contribution in [0.5, 0.6) is 0 Å². The maximum Gasteiger partial charge on any atom is 0.313 e. The van der Waals surface area contributed by atoms with Crippen molar-refractivity contribution in [3.8, 4) is 0 Å². The van der Waals surface area contributed by atoms with Crippen molar-refractivity contribution in [1.29, 1.82) is 0 Å². The molecular weight excluding hydrogens is 216 g/mol. The Bertz CT molecular complexity index is 370. The average Bonchev–Trinajstić information content (AvgIpc) is 2.36. The fourth-order valence-electron chi connectivity index (χ4n) is 1.95. The van der Waals surface area contributed by atoms with Crippen LogP contribution in [-0.2, 0) is 9.53 Å². The second-order valence-electron chi connectivity index (χ2n) is 4.86. The molecule has 0 amide bonds. The molecule has 17 heavy (non-hydrogen) atoms. The van der Waals surface area contributed by atoms with Gasteiger partial charge in [0.15, 0.2) is 0 Å². The highest BCUT2D eigenvalue weighted by Crippen LogP contribution is 2.32. The molecule has 0 aromatic heterocycles. The Labute approximate surface area is 102 Å². The number of carbonyl (C=O) groups is 1. The van der Waals surface area contributed by atoms with Gasteiger partial charge in [-0.2, -0.15) is 0 Å². The van der Waals surface area contributed by atoms with Crippen LogP contribution < -0.4 is 0 Å². The largest absolute Gasteiger partial charge is 0.469 e. The lowest BCUT2D eigenvalue weighted by molar-refractivity contribution is -0.158. The first-order valence-electron chi connectivity index (χ1n) is 5.72. The van der Waals surface area contributed by atoms with Crippen LogP contribution in [-0.4, -0.2) is 24.3 Å².